The topological polar surface area (TPSA) is 55.6 Å². The van der Waals surface area contributed by atoms with Crippen molar-refractivity contribution in [1.29, 1.82) is 0 Å². The van der Waals surface area contributed by atoms with E-state index in [-0.39, 0.29) is 17.5 Å². The molecule has 0 amide bonds. The number of aromatic nitrogens is 4. The molecule has 1 heterocycles. The molecule has 19 heavy (non-hydrogen) atoms. The van der Waals surface area contributed by atoms with Gasteiger partial charge in [0.2, 0.25) is 5.16 Å². The van der Waals surface area contributed by atoms with Gasteiger partial charge in [-0.15, -0.1) is 5.10 Å². The lowest BCUT2D eigenvalue weighted by molar-refractivity contribution is -0.0326. The highest BCUT2D eigenvalue weighted by Crippen LogP contribution is 2.31. The predicted molar refractivity (Wildman–Crippen MR) is 70.2 cm³/mol. The van der Waals surface area contributed by atoms with Crippen molar-refractivity contribution >= 4 is 23.5 Å². The number of nitrogens with zero attached hydrogens (tertiary/aromatic N) is 4. The van der Waals surface area contributed by atoms with Gasteiger partial charge in [-0.25, -0.2) is 4.68 Å². The maximum absolute atomic E-state index is 11.9. The Hall–Kier alpha value is -0.480. The first-order chi connectivity index (χ1) is 9.03. The molecule has 0 spiro atoms. The van der Waals surface area contributed by atoms with Crippen LogP contribution in [0, 0.1) is 0 Å². The Kier molecular flexibility index (Phi) is 7.54. The Morgan fingerprint density at radius 2 is 2.05 bits per heavy atom. The highest BCUT2D eigenvalue weighted by molar-refractivity contribution is 8.03. The Morgan fingerprint density at radius 3 is 2.74 bits per heavy atom. The molecular formula is C9H16F3N5S2. The van der Waals surface area contributed by atoms with E-state index in [1.807, 2.05) is 0 Å². The average molecular weight is 315 g/mol. The third-order valence-corrected chi connectivity index (χ3v) is 3.96. The normalized spacial score (nSPS) is 12.0. The van der Waals surface area contributed by atoms with Crippen LogP contribution in [0.1, 0.15) is 13.3 Å². The molecule has 0 fully saturated rings. The van der Waals surface area contributed by atoms with Crippen LogP contribution in [0.5, 0.6) is 0 Å². The molecule has 1 aromatic rings. The fourth-order valence-electron chi connectivity index (χ4n) is 1.22. The minimum Gasteiger partial charge on any atom is -0.315 e. The molecule has 1 N–H and O–H groups in total. The van der Waals surface area contributed by atoms with Crippen molar-refractivity contribution < 1.29 is 13.2 Å². The second kappa shape index (κ2) is 8.64. The van der Waals surface area contributed by atoms with Gasteiger partial charge in [-0.1, -0.05) is 30.4 Å². The van der Waals surface area contributed by atoms with Gasteiger partial charge in [0, 0.05) is 18.1 Å². The van der Waals surface area contributed by atoms with E-state index < -0.39 is 5.51 Å². The molecule has 0 unspecified atom stereocenters. The number of tetrazole rings is 1. The lowest BCUT2D eigenvalue weighted by Crippen LogP contribution is -2.21. The van der Waals surface area contributed by atoms with Gasteiger partial charge in [-0.3, -0.25) is 0 Å². The molecule has 110 valence electrons. The Labute approximate surface area is 118 Å². The van der Waals surface area contributed by atoms with E-state index >= 15 is 0 Å². The van der Waals surface area contributed by atoms with Gasteiger partial charge in [0.1, 0.15) is 0 Å². The number of thioether (sulfide) groups is 2. The summed E-state index contributed by atoms with van der Waals surface area (Å²) in [6.07, 6.45) is 1.05. The Balaban J connectivity index is 2.24. The van der Waals surface area contributed by atoms with Gasteiger partial charge >= 0.3 is 5.51 Å². The third-order valence-electron chi connectivity index (χ3n) is 2.01. The van der Waals surface area contributed by atoms with Crippen LogP contribution in [-0.4, -0.2) is 50.3 Å². The second-order valence-corrected chi connectivity index (χ2v) is 5.80. The van der Waals surface area contributed by atoms with Crippen LogP contribution >= 0.6 is 23.5 Å². The van der Waals surface area contributed by atoms with Gasteiger partial charge in [0.05, 0.1) is 6.54 Å². The Morgan fingerprint density at radius 1 is 1.26 bits per heavy atom. The molecule has 0 saturated heterocycles. The molecule has 0 aliphatic carbocycles. The van der Waals surface area contributed by atoms with Gasteiger partial charge in [-0.2, -0.15) is 13.2 Å². The largest absolute Gasteiger partial charge is 0.441 e. The summed E-state index contributed by atoms with van der Waals surface area (Å²) in [6, 6.07) is 0. The number of alkyl halides is 3. The first-order valence-electron chi connectivity index (χ1n) is 5.83. The smallest absolute Gasteiger partial charge is 0.315 e. The van der Waals surface area contributed by atoms with Crippen molar-refractivity contribution in [3.8, 4) is 0 Å². The summed E-state index contributed by atoms with van der Waals surface area (Å²) in [4.78, 5) is 0. The number of hydrogen-bond acceptors (Lipinski definition) is 6. The Bertz CT molecular complexity index is 358. The van der Waals surface area contributed by atoms with Crippen LogP contribution in [-0.2, 0) is 6.54 Å². The van der Waals surface area contributed by atoms with E-state index in [9.17, 15) is 13.2 Å². The summed E-state index contributed by atoms with van der Waals surface area (Å²) < 4.78 is 37.4. The van der Waals surface area contributed by atoms with E-state index in [4.69, 9.17) is 0 Å². The maximum atomic E-state index is 11.9. The van der Waals surface area contributed by atoms with Crippen LogP contribution in [0.15, 0.2) is 5.16 Å². The van der Waals surface area contributed by atoms with Crippen molar-refractivity contribution in [3.63, 3.8) is 0 Å². The molecule has 0 aromatic carbocycles. The molecule has 0 saturated carbocycles. The van der Waals surface area contributed by atoms with Crippen molar-refractivity contribution in [1.82, 2.24) is 25.5 Å². The van der Waals surface area contributed by atoms with E-state index in [0.29, 0.717) is 17.5 Å². The molecule has 0 bridgehead atoms. The fourth-order valence-corrected chi connectivity index (χ4v) is 2.67. The monoisotopic (exact) mass is 315 g/mol. The third kappa shape index (κ3) is 7.63. The molecule has 1 rings (SSSR count). The summed E-state index contributed by atoms with van der Waals surface area (Å²) in [5, 5.41) is 14.9. The van der Waals surface area contributed by atoms with Crippen LogP contribution in [0.25, 0.3) is 0 Å². The van der Waals surface area contributed by atoms with Crippen molar-refractivity contribution in [2.75, 3.05) is 24.6 Å². The number of hydrogen-bond donors (Lipinski definition) is 1. The second-order valence-electron chi connectivity index (χ2n) is 3.58. The summed E-state index contributed by atoms with van der Waals surface area (Å²) in [5.74, 6) is 0.321. The summed E-state index contributed by atoms with van der Waals surface area (Å²) >= 11 is 1.21. The van der Waals surface area contributed by atoms with Crippen molar-refractivity contribution in [2.24, 2.45) is 0 Å². The SMILES string of the molecule is CCCNCCn1nnnc1SCCSC(F)(F)F. The van der Waals surface area contributed by atoms with E-state index in [0.717, 1.165) is 19.5 Å². The lowest BCUT2D eigenvalue weighted by Gasteiger charge is -2.06. The molecule has 10 heteroatoms. The van der Waals surface area contributed by atoms with Gasteiger partial charge in [0.15, 0.2) is 0 Å². The molecule has 0 aliphatic rings. The zero-order chi connectivity index (χ0) is 14.1. The van der Waals surface area contributed by atoms with Crippen LogP contribution in [0.4, 0.5) is 13.2 Å². The minimum absolute atomic E-state index is 0.00485. The van der Waals surface area contributed by atoms with Crippen LogP contribution in [0.2, 0.25) is 0 Å². The van der Waals surface area contributed by atoms with E-state index in [2.05, 4.69) is 27.8 Å². The number of rotatable bonds is 9. The fraction of sp³-hybridized carbons (Fsp3) is 0.889. The van der Waals surface area contributed by atoms with Crippen LogP contribution < -0.4 is 5.32 Å². The highest BCUT2D eigenvalue weighted by atomic mass is 32.2. The lowest BCUT2D eigenvalue weighted by atomic mass is 10.5. The summed E-state index contributed by atoms with van der Waals surface area (Å²) in [5.41, 5.74) is -4.17. The zero-order valence-electron chi connectivity index (χ0n) is 10.5. The van der Waals surface area contributed by atoms with Crippen LogP contribution in [0.3, 0.4) is 0 Å². The first kappa shape index (κ1) is 16.6. The summed E-state index contributed by atoms with van der Waals surface area (Å²) in [6.45, 7) is 4.35. The molecule has 0 aliphatic heterocycles. The molecule has 5 nitrogen and oxygen atoms in total. The maximum Gasteiger partial charge on any atom is 0.441 e. The van der Waals surface area contributed by atoms with Crippen molar-refractivity contribution in [3.05, 3.63) is 0 Å². The number of nitrogens with one attached hydrogen (secondary N) is 1. The van der Waals surface area contributed by atoms with Crippen molar-refractivity contribution in [2.45, 2.75) is 30.6 Å². The average Bonchev–Trinajstić information content (AvgIpc) is 2.77. The highest BCUT2D eigenvalue weighted by Gasteiger charge is 2.27. The quantitative estimate of drug-likeness (QED) is 0.556. The van der Waals surface area contributed by atoms with Gasteiger partial charge in [0.25, 0.3) is 0 Å². The minimum atomic E-state index is -4.17. The van der Waals surface area contributed by atoms with E-state index in [1.165, 1.54) is 11.8 Å². The summed E-state index contributed by atoms with van der Waals surface area (Å²) in [7, 11) is 0. The molecular weight excluding hydrogens is 299 g/mol. The predicted octanol–water partition coefficient (Wildman–Crippen LogP) is 2.02. The van der Waals surface area contributed by atoms with E-state index in [1.54, 1.807) is 4.68 Å². The first-order valence-corrected chi connectivity index (χ1v) is 7.80. The zero-order valence-corrected chi connectivity index (χ0v) is 12.1. The molecule has 0 atom stereocenters. The standard InChI is InChI=1S/C9H16F3N5S2/c1-2-3-13-4-5-17-8(14-15-16-17)18-6-7-19-9(10,11)12/h13H,2-7H2,1H3. The van der Waals surface area contributed by atoms with Gasteiger partial charge < -0.3 is 5.32 Å². The van der Waals surface area contributed by atoms with Gasteiger partial charge in [-0.05, 0) is 23.4 Å². The molecule has 1 aromatic heterocycles. The number of halogens is 3. The molecule has 0 radical (unpaired) electrons.